The normalized spacial score (nSPS) is 14.2. The minimum Gasteiger partial charge on any atom is -0.350 e. The number of anilines is 1. The van der Waals surface area contributed by atoms with Crippen molar-refractivity contribution in [2.45, 2.75) is 6.92 Å². The fourth-order valence-electron chi connectivity index (χ4n) is 2.65. The predicted octanol–water partition coefficient (Wildman–Crippen LogP) is 4.03. The molecule has 0 aromatic heterocycles. The van der Waals surface area contributed by atoms with E-state index in [1.54, 1.807) is 24.3 Å². The maximum absolute atomic E-state index is 12.8. The van der Waals surface area contributed by atoms with Crippen molar-refractivity contribution in [2.75, 3.05) is 11.9 Å². The largest absolute Gasteiger partial charge is 0.350 e. The third kappa shape index (κ3) is 3.35. The molecule has 0 unspecified atom stereocenters. The SMILES string of the molecule is C=CCN1C(=O)C(Nc2ccc(C)cc2)=C(c2ccc(Cl)cc2)C1=O. The van der Waals surface area contributed by atoms with E-state index in [0.717, 1.165) is 11.3 Å². The van der Waals surface area contributed by atoms with E-state index in [2.05, 4.69) is 11.9 Å². The van der Waals surface area contributed by atoms with Crippen LogP contribution < -0.4 is 5.32 Å². The summed E-state index contributed by atoms with van der Waals surface area (Å²) in [5, 5.41) is 3.67. The van der Waals surface area contributed by atoms with Crippen molar-refractivity contribution >= 4 is 34.7 Å². The first-order valence-electron chi connectivity index (χ1n) is 7.82. The van der Waals surface area contributed by atoms with Crippen molar-refractivity contribution in [3.05, 3.63) is 83.0 Å². The third-order valence-corrected chi connectivity index (χ3v) is 4.19. The highest BCUT2D eigenvalue weighted by molar-refractivity contribution is 6.37. The lowest BCUT2D eigenvalue weighted by atomic mass is 10.0. The molecule has 25 heavy (non-hydrogen) atoms. The van der Waals surface area contributed by atoms with Gasteiger partial charge >= 0.3 is 0 Å². The second-order valence-corrected chi connectivity index (χ2v) is 6.19. The first-order valence-corrected chi connectivity index (χ1v) is 8.20. The maximum Gasteiger partial charge on any atom is 0.278 e. The van der Waals surface area contributed by atoms with Crippen molar-refractivity contribution in [1.82, 2.24) is 4.90 Å². The van der Waals surface area contributed by atoms with Gasteiger partial charge in [-0.15, -0.1) is 6.58 Å². The lowest BCUT2D eigenvalue weighted by Crippen LogP contribution is -2.32. The van der Waals surface area contributed by atoms with Gasteiger partial charge in [0.2, 0.25) is 0 Å². The molecule has 0 fully saturated rings. The van der Waals surface area contributed by atoms with Crippen LogP contribution >= 0.6 is 11.6 Å². The van der Waals surface area contributed by atoms with Crippen LogP contribution in [0.4, 0.5) is 5.69 Å². The number of carbonyl (C=O) groups excluding carboxylic acids is 2. The Hall–Kier alpha value is -2.85. The molecular weight excluding hydrogens is 336 g/mol. The molecule has 0 spiro atoms. The van der Waals surface area contributed by atoms with Gasteiger partial charge in [0.05, 0.1) is 5.57 Å². The number of nitrogens with one attached hydrogen (secondary N) is 1. The first kappa shape index (κ1) is 17.0. The zero-order valence-electron chi connectivity index (χ0n) is 13.8. The molecule has 1 aliphatic rings. The summed E-state index contributed by atoms with van der Waals surface area (Å²) in [6.45, 7) is 5.76. The highest BCUT2D eigenvalue weighted by Crippen LogP contribution is 2.31. The monoisotopic (exact) mass is 352 g/mol. The number of carbonyl (C=O) groups is 2. The van der Waals surface area contributed by atoms with E-state index in [0.29, 0.717) is 16.2 Å². The van der Waals surface area contributed by atoms with E-state index in [9.17, 15) is 9.59 Å². The van der Waals surface area contributed by atoms with Crippen LogP contribution in [-0.4, -0.2) is 23.3 Å². The van der Waals surface area contributed by atoms with E-state index in [-0.39, 0.29) is 24.1 Å². The molecule has 0 aliphatic carbocycles. The molecule has 1 aliphatic heterocycles. The highest BCUT2D eigenvalue weighted by Gasteiger charge is 2.38. The van der Waals surface area contributed by atoms with Gasteiger partial charge < -0.3 is 5.32 Å². The Bertz CT molecular complexity index is 868. The topological polar surface area (TPSA) is 49.4 Å². The van der Waals surface area contributed by atoms with Gasteiger partial charge in [-0.25, -0.2) is 0 Å². The lowest BCUT2D eigenvalue weighted by molar-refractivity contribution is -0.136. The third-order valence-electron chi connectivity index (χ3n) is 3.93. The van der Waals surface area contributed by atoms with Crippen LogP contribution in [0.15, 0.2) is 66.9 Å². The molecule has 0 radical (unpaired) electrons. The molecular formula is C20H17ClN2O2. The van der Waals surface area contributed by atoms with Crippen LogP contribution in [0.5, 0.6) is 0 Å². The van der Waals surface area contributed by atoms with Crippen molar-refractivity contribution in [1.29, 1.82) is 0 Å². The van der Waals surface area contributed by atoms with Gasteiger partial charge in [-0.05, 0) is 36.8 Å². The second kappa shape index (κ2) is 6.95. The molecule has 0 saturated carbocycles. The zero-order valence-corrected chi connectivity index (χ0v) is 14.5. The minimum absolute atomic E-state index is 0.161. The van der Waals surface area contributed by atoms with E-state index >= 15 is 0 Å². The van der Waals surface area contributed by atoms with Gasteiger partial charge in [-0.1, -0.05) is 47.5 Å². The molecule has 3 rings (SSSR count). The van der Waals surface area contributed by atoms with Gasteiger partial charge in [-0.3, -0.25) is 14.5 Å². The quantitative estimate of drug-likeness (QED) is 0.653. The molecule has 2 aromatic rings. The summed E-state index contributed by atoms with van der Waals surface area (Å²) in [6.07, 6.45) is 1.53. The molecule has 0 bridgehead atoms. The number of halogens is 1. The molecule has 1 N–H and O–H groups in total. The van der Waals surface area contributed by atoms with Crippen molar-refractivity contribution < 1.29 is 9.59 Å². The van der Waals surface area contributed by atoms with Crippen LogP contribution in [0.1, 0.15) is 11.1 Å². The number of imide groups is 1. The number of benzene rings is 2. The summed E-state index contributed by atoms with van der Waals surface area (Å²) in [4.78, 5) is 26.7. The Kier molecular flexibility index (Phi) is 4.72. The number of hydrogen-bond acceptors (Lipinski definition) is 3. The van der Waals surface area contributed by atoms with E-state index in [1.807, 2.05) is 31.2 Å². The highest BCUT2D eigenvalue weighted by atomic mass is 35.5. The van der Waals surface area contributed by atoms with Gasteiger partial charge in [0.1, 0.15) is 5.70 Å². The van der Waals surface area contributed by atoms with Gasteiger partial charge in [0.25, 0.3) is 11.8 Å². The number of amides is 2. The molecule has 2 amide bonds. The Labute approximate surface area is 151 Å². The van der Waals surface area contributed by atoms with Crippen LogP contribution in [0.3, 0.4) is 0 Å². The Morgan fingerprint density at radius 2 is 1.68 bits per heavy atom. The molecule has 4 nitrogen and oxygen atoms in total. The summed E-state index contributed by atoms with van der Waals surface area (Å²) >= 11 is 5.94. The average molecular weight is 353 g/mol. The summed E-state index contributed by atoms with van der Waals surface area (Å²) in [5.41, 5.74) is 3.10. The smallest absolute Gasteiger partial charge is 0.278 e. The van der Waals surface area contributed by atoms with E-state index in [4.69, 9.17) is 11.6 Å². The lowest BCUT2D eigenvalue weighted by Gasteiger charge is -2.12. The number of nitrogens with zero attached hydrogens (tertiary/aromatic N) is 1. The standard InChI is InChI=1S/C20H17ClN2O2/c1-3-12-23-19(24)17(14-6-8-15(21)9-7-14)18(20(23)25)22-16-10-4-13(2)5-11-16/h3-11,22H,1,12H2,2H3. The Balaban J connectivity index is 2.06. The maximum atomic E-state index is 12.8. The molecule has 0 atom stereocenters. The fraction of sp³-hybridized carbons (Fsp3) is 0.100. The van der Waals surface area contributed by atoms with E-state index < -0.39 is 0 Å². The summed E-state index contributed by atoms with van der Waals surface area (Å²) < 4.78 is 0. The van der Waals surface area contributed by atoms with Crippen molar-refractivity contribution in [3.63, 3.8) is 0 Å². The molecule has 126 valence electrons. The molecule has 0 saturated heterocycles. The minimum atomic E-state index is -0.365. The number of hydrogen-bond donors (Lipinski definition) is 1. The van der Waals surface area contributed by atoms with Crippen LogP contribution in [0.2, 0.25) is 5.02 Å². The van der Waals surface area contributed by atoms with Crippen LogP contribution in [-0.2, 0) is 9.59 Å². The summed E-state index contributed by atoms with van der Waals surface area (Å²) in [5.74, 6) is -0.711. The molecule has 2 aromatic carbocycles. The average Bonchev–Trinajstić information content (AvgIpc) is 2.83. The van der Waals surface area contributed by atoms with Gasteiger partial charge in [0.15, 0.2) is 0 Å². The zero-order chi connectivity index (χ0) is 18.0. The second-order valence-electron chi connectivity index (χ2n) is 5.76. The molecule has 1 heterocycles. The summed E-state index contributed by atoms with van der Waals surface area (Å²) in [6, 6.07) is 14.5. The van der Waals surface area contributed by atoms with E-state index in [1.165, 1.54) is 11.0 Å². The summed E-state index contributed by atoms with van der Waals surface area (Å²) in [7, 11) is 0. The molecule has 5 heteroatoms. The predicted molar refractivity (Wildman–Crippen MR) is 100 cm³/mol. The number of aryl methyl sites for hydroxylation is 1. The Morgan fingerprint density at radius 3 is 2.28 bits per heavy atom. The Morgan fingerprint density at radius 1 is 1.04 bits per heavy atom. The fourth-order valence-corrected chi connectivity index (χ4v) is 2.78. The number of rotatable bonds is 5. The van der Waals surface area contributed by atoms with Crippen LogP contribution in [0.25, 0.3) is 5.57 Å². The first-order chi connectivity index (χ1) is 12.0. The van der Waals surface area contributed by atoms with Crippen molar-refractivity contribution in [3.8, 4) is 0 Å². The van der Waals surface area contributed by atoms with Gasteiger partial charge in [-0.2, -0.15) is 0 Å². The van der Waals surface area contributed by atoms with Gasteiger partial charge in [0, 0.05) is 17.3 Å². The van der Waals surface area contributed by atoms with Crippen molar-refractivity contribution in [2.24, 2.45) is 0 Å². The van der Waals surface area contributed by atoms with Crippen LogP contribution in [0, 0.1) is 6.92 Å².